The van der Waals surface area contributed by atoms with Gasteiger partial charge < -0.3 is 15.3 Å². The molecule has 3 nitrogen and oxygen atoms in total. The number of nitrogens with zero attached hydrogens (tertiary/aromatic N) is 1. The van der Waals surface area contributed by atoms with Gasteiger partial charge in [0.2, 0.25) is 0 Å². The highest BCUT2D eigenvalue weighted by Gasteiger charge is 2.36. The smallest absolute Gasteiger partial charge is 0.0613 e. The molecule has 0 aliphatic heterocycles. The summed E-state index contributed by atoms with van der Waals surface area (Å²) in [5, 5.41) is 13.1. The maximum Gasteiger partial charge on any atom is 0.0613 e. The van der Waals surface area contributed by atoms with Crippen molar-refractivity contribution in [1.82, 2.24) is 10.2 Å². The van der Waals surface area contributed by atoms with E-state index in [4.69, 9.17) is 0 Å². The van der Waals surface area contributed by atoms with Crippen LogP contribution in [0.4, 0.5) is 0 Å². The maximum atomic E-state index is 9.62. The average Bonchev–Trinajstić information content (AvgIpc) is 2.30. The molecule has 0 aromatic rings. The second kappa shape index (κ2) is 6.58. The van der Waals surface area contributed by atoms with E-state index in [-0.39, 0.29) is 12.1 Å². The molecule has 0 aromatic heterocycles. The molecule has 3 heteroatoms. The van der Waals surface area contributed by atoms with Gasteiger partial charge in [0.1, 0.15) is 0 Å². The Morgan fingerprint density at radius 2 is 2.19 bits per heavy atom. The first-order valence-electron chi connectivity index (χ1n) is 6.73. The number of hydrogen-bond donors (Lipinski definition) is 2. The van der Waals surface area contributed by atoms with Gasteiger partial charge in [-0.2, -0.15) is 0 Å². The van der Waals surface area contributed by atoms with Gasteiger partial charge in [0.05, 0.1) is 6.61 Å². The van der Waals surface area contributed by atoms with Crippen molar-refractivity contribution in [2.75, 3.05) is 26.7 Å². The van der Waals surface area contributed by atoms with Crippen molar-refractivity contribution in [2.45, 2.75) is 57.5 Å². The first-order chi connectivity index (χ1) is 7.67. The molecule has 0 heterocycles. The lowest BCUT2D eigenvalue weighted by Gasteiger charge is -2.43. The van der Waals surface area contributed by atoms with Gasteiger partial charge in [0, 0.05) is 11.6 Å². The standard InChI is InChI=1S/C13H28N2O/c1-4-9-15(3)12-7-6-8-13(10-12,11-16)14-5-2/h12,14,16H,4-11H2,1-3H3. The highest BCUT2D eigenvalue weighted by atomic mass is 16.3. The summed E-state index contributed by atoms with van der Waals surface area (Å²) in [6.45, 7) is 6.74. The molecule has 1 saturated carbocycles. The third-order valence-electron chi connectivity index (χ3n) is 3.87. The van der Waals surface area contributed by atoms with E-state index >= 15 is 0 Å². The molecule has 1 rings (SSSR count). The minimum Gasteiger partial charge on any atom is -0.394 e. The van der Waals surface area contributed by atoms with E-state index in [0.29, 0.717) is 6.04 Å². The molecule has 0 radical (unpaired) electrons. The van der Waals surface area contributed by atoms with Crippen LogP contribution in [0.2, 0.25) is 0 Å². The predicted octanol–water partition coefficient (Wildman–Crippen LogP) is 1.61. The topological polar surface area (TPSA) is 35.5 Å². The average molecular weight is 228 g/mol. The second-order valence-electron chi connectivity index (χ2n) is 5.20. The summed E-state index contributed by atoms with van der Waals surface area (Å²) in [6.07, 6.45) is 5.93. The predicted molar refractivity (Wildman–Crippen MR) is 68.7 cm³/mol. The Labute approximate surface area is 100 Å². The van der Waals surface area contributed by atoms with E-state index in [1.54, 1.807) is 0 Å². The number of aliphatic hydroxyl groups is 1. The van der Waals surface area contributed by atoms with Gasteiger partial charge in [-0.05, 0) is 52.2 Å². The highest BCUT2D eigenvalue weighted by Crippen LogP contribution is 2.30. The van der Waals surface area contributed by atoms with E-state index < -0.39 is 0 Å². The monoisotopic (exact) mass is 228 g/mol. The zero-order valence-corrected chi connectivity index (χ0v) is 11.1. The summed E-state index contributed by atoms with van der Waals surface area (Å²) < 4.78 is 0. The van der Waals surface area contributed by atoms with Crippen LogP contribution in [0.15, 0.2) is 0 Å². The van der Waals surface area contributed by atoms with Crippen molar-refractivity contribution in [1.29, 1.82) is 0 Å². The molecule has 0 aromatic carbocycles. The molecule has 0 spiro atoms. The first-order valence-corrected chi connectivity index (χ1v) is 6.73. The van der Waals surface area contributed by atoms with E-state index in [1.165, 1.54) is 19.3 Å². The third-order valence-corrected chi connectivity index (χ3v) is 3.87. The number of likely N-dealkylation sites (N-methyl/N-ethyl adjacent to an activating group) is 1. The van der Waals surface area contributed by atoms with E-state index in [0.717, 1.165) is 25.9 Å². The van der Waals surface area contributed by atoms with Crippen LogP contribution in [0.25, 0.3) is 0 Å². The molecule has 1 aliphatic carbocycles. The zero-order chi connectivity index (χ0) is 12.0. The molecular weight excluding hydrogens is 200 g/mol. The van der Waals surface area contributed by atoms with Gasteiger partial charge >= 0.3 is 0 Å². The fourth-order valence-corrected chi connectivity index (χ4v) is 2.98. The second-order valence-corrected chi connectivity index (χ2v) is 5.20. The fraction of sp³-hybridized carbons (Fsp3) is 1.00. The Morgan fingerprint density at radius 3 is 2.75 bits per heavy atom. The summed E-state index contributed by atoms with van der Waals surface area (Å²) in [5.74, 6) is 0. The molecule has 16 heavy (non-hydrogen) atoms. The quantitative estimate of drug-likeness (QED) is 0.725. The lowest BCUT2D eigenvalue weighted by atomic mass is 9.79. The number of aliphatic hydroxyl groups excluding tert-OH is 1. The van der Waals surface area contributed by atoms with Gasteiger partial charge in [-0.3, -0.25) is 0 Å². The minimum atomic E-state index is -0.0142. The molecule has 2 N–H and O–H groups in total. The molecule has 2 unspecified atom stereocenters. The number of hydrogen-bond acceptors (Lipinski definition) is 3. The van der Waals surface area contributed by atoms with Gasteiger partial charge in [-0.15, -0.1) is 0 Å². The minimum absolute atomic E-state index is 0.0142. The summed E-state index contributed by atoms with van der Waals surface area (Å²) in [7, 11) is 2.22. The van der Waals surface area contributed by atoms with Crippen molar-refractivity contribution in [3.8, 4) is 0 Å². The Bertz CT molecular complexity index is 194. The first kappa shape index (κ1) is 13.9. The van der Waals surface area contributed by atoms with Crippen molar-refractivity contribution in [2.24, 2.45) is 0 Å². The number of nitrogens with one attached hydrogen (secondary N) is 1. The summed E-state index contributed by atoms with van der Waals surface area (Å²) in [5.41, 5.74) is -0.0142. The van der Waals surface area contributed by atoms with Gasteiger partial charge in [0.15, 0.2) is 0 Å². The summed E-state index contributed by atoms with van der Waals surface area (Å²) in [4.78, 5) is 2.46. The van der Waals surface area contributed by atoms with E-state index in [1.807, 2.05) is 0 Å². The Hall–Kier alpha value is -0.120. The van der Waals surface area contributed by atoms with Crippen LogP contribution in [0.5, 0.6) is 0 Å². The largest absolute Gasteiger partial charge is 0.394 e. The highest BCUT2D eigenvalue weighted by molar-refractivity contribution is 4.95. The Morgan fingerprint density at radius 1 is 1.44 bits per heavy atom. The van der Waals surface area contributed by atoms with Crippen molar-refractivity contribution < 1.29 is 5.11 Å². The van der Waals surface area contributed by atoms with Crippen LogP contribution in [-0.2, 0) is 0 Å². The number of rotatable bonds is 6. The van der Waals surface area contributed by atoms with Crippen molar-refractivity contribution in [3.05, 3.63) is 0 Å². The third kappa shape index (κ3) is 3.44. The normalized spacial score (nSPS) is 30.9. The fourth-order valence-electron chi connectivity index (χ4n) is 2.98. The van der Waals surface area contributed by atoms with E-state index in [2.05, 4.69) is 31.1 Å². The van der Waals surface area contributed by atoms with Crippen LogP contribution in [0, 0.1) is 0 Å². The lowest BCUT2D eigenvalue weighted by molar-refractivity contribution is 0.0708. The summed E-state index contributed by atoms with van der Waals surface area (Å²) in [6, 6.07) is 0.639. The van der Waals surface area contributed by atoms with E-state index in [9.17, 15) is 5.11 Å². The molecule has 1 fully saturated rings. The van der Waals surface area contributed by atoms with Gasteiger partial charge in [-0.25, -0.2) is 0 Å². The van der Waals surface area contributed by atoms with Crippen molar-refractivity contribution >= 4 is 0 Å². The molecule has 96 valence electrons. The molecule has 1 aliphatic rings. The zero-order valence-electron chi connectivity index (χ0n) is 11.1. The lowest BCUT2D eigenvalue weighted by Crippen LogP contribution is -2.55. The van der Waals surface area contributed by atoms with Gasteiger partial charge in [-0.1, -0.05) is 13.8 Å². The molecule has 0 amide bonds. The molecular formula is C13H28N2O. The van der Waals surface area contributed by atoms with Crippen LogP contribution < -0.4 is 5.32 Å². The van der Waals surface area contributed by atoms with Gasteiger partial charge in [0.25, 0.3) is 0 Å². The maximum absolute atomic E-state index is 9.62. The Balaban J connectivity index is 2.56. The van der Waals surface area contributed by atoms with Crippen LogP contribution in [0.1, 0.15) is 46.0 Å². The van der Waals surface area contributed by atoms with Crippen molar-refractivity contribution in [3.63, 3.8) is 0 Å². The Kier molecular flexibility index (Phi) is 5.73. The van der Waals surface area contributed by atoms with Crippen LogP contribution in [0.3, 0.4) is 0 Å². The summed E-state index contributed by atoms with van der Waals surface area (Å²) >= 11 is 0. The van der Waals surface area contributed by atoms with Crippen LogP contribution in [-0.4, -0.2) is 48.3 Å². The molecule has 2 atom stereocenters. The SMILES string of the molecule is CCCN(C)C1CCCC(CO)(NCC)C1. The molecule has 0 bridgehead atoms. The molecule has 0 saturated heterocycles. The van der Waals surface area contributed by atoms with Crippen LogP contribution >= 0.6 is 0 Å².